The molecule has 0 radical (unpaired) electrons. The van der Waals surface area contributed by atoms with Gasteiger partial charge in [-0.25, -0.2) is 0 Å². The van der Waals surface area contributed by atoms with E-state index < -0.39 is 0 Å². The van der Waals surface area contributed by atoms with Gasteiger partial charge in [0.15, 0.2) is 18.1 Å². The number of thiocarbonyl (C=S) groups is 1. The lowest BCUT2D eigenvalue weighted by atomic mass is 9.90. The zero-order chi connectivity index (χ0) is 25.5. The molecule has 0 unspecified atom stereocenters. The van der Waals surface area contributed by atoms with E-state index in [2.05, 4.69) is 40.5 Å². The van der Waals surface area contributed by atoms with Gasteiger partial charge in [0.05, 0.1) is 22.8 Å². The maximum Gasteiger partial charge on any atom is 0.262 e. The molecule has 1 aliphatic heterocycles. The molecule has 188 valence electrons. The van der Waals surface area contributed by atoms with Crippen LogP contribution < -0.4 is 14.8 Å². The van der Waals surface area contributed by atoms with Crippen LogP contribution in [-0.2, 0) is 11.2 Å². The molecule has 1 fully saturated rings. The highest BCUT2D eigenvalue weighted by Gasteiger charge is 2.23. The van der Waals surface area contributed by atoms with Crippen LogP contribution >= 0.6 is 35.4 Å². The van der Waals surface area contributed by atoms with Gasteiger partial charge in [-0.3, -0.25) is 4.79 Å². The molecule has 0 atom stereocenters. The third-order valence-corrected chi connectivity index (χ3v) is 7.35. The normalized spacial score (nSPS) is 13.8. The summed E-state index contributed by atoms with van der Waals surface area (Å²) in [5.41, 5.74) is 2.69. The van der Waals surface area contributed by atoms with Crippen molar-refractivity contribution in [3.63, 3.8) is 0 Å². The van der Waals surface area contributed by atoms with E-state index >= 15 is 0 Å². The first-order valence-corrected chi connectivity index (χ1v) is 13.0. The standard InChI is InChI=1S/C28H28Cl2N2O3S/c1-34-25-17-21(28(36)32-13-11-20(12-14-32)15-19-7-3-2-4-8-19)16-23(30)27(25)35-18-26(33)31-24-10-6-5-9-22(24)29/h2-10,16-17,20H,11-15,18H2,1H3,(H,31,33). The predicted octanol–water partition coefficient (Wildman–Crippen LogP) is 6.65. The fraction of sp³-hybridized carbons (Fsp3) is 0.286. The topological polar surface area (TPSA) is 50.8 Å². The second kappa shape index (κ2) is 12.4. The number of methoxy groups -OCH3 is 1. The molecule has 0 aliphatic carbocycles. The number of ether oxygens (including phenoxy) is 2. The van der Waals surface area contributed by atoms with Crippen LogP contribution in [0.5, 0.6) is 11.5 Å². The number of nitrogens with zero attached hydrogens (tertiary/aromatic N) is 1. The minimum Gasteiger partial charge on any atom is -0.493 e. The smallest absolute Gasteiger partial charge is 0.262 e. The van der Waals surface area contributed by atoms with Crippen molar-refractivity contribution in [2.45, 2.75) is 19.3 Å². The van der Waals surface area contributed by atoms with Crippen molar-refractivity contribution >= 4 is 52.0 Å². The Morgan fingerprint density at radius 2 is 1.72 bits per heavy atom. The number of anilines is 1. The van der Waals surface area contributed by atoms with Crippen LogP contribution in [0.4, 0.5) is 5.69 Å². The molecule has 0 saturated carbocycles. The number of hydrogen-bond donors (Lipinski definition) is 1. The van der Waals surface area contributed by atoms with Gasteiger partial charge in [-0.05, 0) is 55.0 Å². The lowest BCUT2D eigenvalue weighted by molar-refractivity contribution is -0.118. The van der Waals surface area contributed by atoms with E-state index in [1.807, 2.05) is 6.07 Å². The summed E-state index contributed by atoms with van der Waals surface area (Å²) in [5.74, 6) is 1.00. The molecule has 1 aliphatic rings. The average molecular weight is 544 g/mol. The Hall–Kier alpha value is -2.80. The van der Waals surface area contributed by atoms with E-state index in [9.17, 15) is 4.79 Å². The second-order valence-electron chi connectivity index (χ2n) is 8.73. The summed E-state index contributed by atoms with van der Waals surface area (Å²) in [6.07, 6.45) is 3.26. The van der Waals surface area contributed by atoms with Crippen molar-refractivity contribution in [3.05, 3.63) is 87.9 Å². The van der Waals surface area contributed by atoms with Crippen molar-refractivity contribution in [3.8, 4) is 11.5 Å². The highest BCUT2D eigenvalue weighted by atomic mass is 35.5. The van der Waals surface area contributed by atoms with Crippen LogP contribution in [0.2, 0.25) is 10.0 Å². The Kier molecular flexibility index (Phi) is 9.08. The summed E-state index contributed by atoms with van der Waals surface area (Å²) in [7, 11) is 1.53. The fourth-order valence-electron chi connectivity index (χ4n) is 4.34. The Bertz CT molecular complexity index is 1210. The summed E-state index contributed by atoms with van der Waals surface area (Å²) in [5, 5.41) is 3.50. The first kappa shape index (κ1) is 26.3. The monoisotopic (exact) mass is 542 g/mol. The molecule has 36 heavy (non-hydrogen) atoms. The van der Waals surface area contributed by atoms with Crippen LogP contribution in [-0.4, -0.2) is 42.6 Å². The molecule has 1 heterocycles. The number of benzene rings is 3. The highest BCUT2D eigenvalue weighted by molar-refractivity contribution is 7.80. The van der Waals surface area contributed by atoms with Gasteiger partial charge >= 0.3 is 0 Å². The molecule has 0 bridgehead atoms. The van der Waals surface area contributed by atoms with Crippen molar-refractivity contribution in [1.29, 1.82) is 0 Å². The van der Waals surface area contributed by atoms with Gasteiger partial charge in [0.2, 0.25) is 0 Å². The van der Waals surface area contributed by atoms with Crippen LogP contribution in [0.25, 0.3) is 0 Å². The van der Waals surface area contributed by atoms with Crippen LogP contribution in [0.1, 0.15) is 24.0 Å². The van der Waals surface area contributed by atoms with Gasteiger partial charge in [0.1, 0.15) is 4.99 Å². The molecular formula is C28H28Cl2N2O3S. The SMILES string of the molecule is COc1cc(C(=S)N2CCC(Cc3ccccc3)CC2)cc(Cl)c1OCC(=O)Nc1ccccc1Cl. The van der Waals surface area contributed by atoms with Crippen LogP contribution in [0.3, 0.4) is 0 Å². The van der Waals surface area contributed by atoms with E-state index in [0.29, 0.717) is 33.1 Å². The van der Waals surface area contributed by atoms with Crippen LogP contribution in [0, 0.1) is 5.92 Å². The number of rotatable bonds is 8. The quantitative estimate of drug-likeness (QED) is 0.323. The molecule has 1 saturated heterocycles. The van der Waals surface area contributed by atoms with Gasteiger partial charge in [-0.1, -0.05) is 77.9 Å². The Labute approximate surface area is 227 Å². The van der Waals surface area contributed by atoms with Crippen molar-refractivity contribution in [2.24, 2.45) is 5.92 Å². The third-order valence-electron chi connectivity index (χ3n) is 6.24. The van der Waals surface area contributed by atoms with Gasteiger partial charge in [0.25, 0.3) is 5.91 Å². The molecule has 3 aromatic rings. The van der Waals surface area contributed by atoms with E-state index in [1.165, 1.54) is 12.7 Å². The number of para-hydroxylation sites is 1. The van der Waals surface area contributed by atoms with Crippen molar-refractivity contribution < 1.29 is 14.3 Å². The summed E-state index contributed by atoms with van der Waals surface area (Å²) >= 11 is 18.4. The van der Waals surface area contributed by atoms with E-state index in [1.54, 1.807) is 30.3 Å². The molecule has 1 amide bonds. The average Bonchev–Trinajstić information content (AvgIpc) is 2.89. The summed E-state index contributed by atoms with van der Waals surface area (Å²) in [4.78, 5) is 15.3. The largest absolute Gasteiger partial charge is 0.493 e. The number of carbonyl (C=O) groups is 1. The molecule has 8 heteroatoms. The van der Waals surface area contributed by atoms with E-state index in [4.69, 9.17) is 44.9 Å². The zero-order valence-corrected chi connectivity index (χ0v) is 22.3. The van der Waals surface area contributed by atoms with Crippen molar-refractivity contribution in [2.75, 3.05) is 32.1 Å². The first-order chi connectivity index (χ1) is 17.4. The maximum absolute atomic E-state index is 12.4. The number of halogens is 2. The minimum absolute atomic E-state index is 0.250. The van der Waals surface area contributed by atoms with Gasteiger partial charge in [0, 0.05) is 18.7 Å². The minimum atomic E-state index is -0.362. The lowest BCUT2D eigenvalue weighted by Crippen LogP contribution is -2.38. The third kappa shape index (κ3) is 6.69. The Morgan fingerprint density at radius 1 is 1.03 bits per heavy atom. The molecule has 0 spiro atoms. The van der Waals surface area contributed by atoms with Crippen molar-refractivity contribution in [1.82, 2.24) is 4.90 Å². The van der Waals surface area contributed by atoms with Gasteiger partial charge in [-0.2, -0.15) is 0 Å². The fourth-order valence-corrected chi connectivity index (χ4v) is 5.09. The number of likely N-dealkylation sites (tertiary alicyclic amines) is 1. The Morgan fingerprint density at radius 3 is 2.42 bits per heavy atom. The summed E-state index contributed by atoms with van der Waals surface area (Å²) < 4.78 is 11.2. The molecular weight excluding hydrogens is 515 g/mol. The summed E-state index contributed by atoms with van der Waals surface area (Å²) in [6.45, 7) is 1.55. The predicted molar refractivity (Wildman–Crippen MR) is 150 cm³/mol. The van der Waals surface area contributed by atoms with E-state index in [-0.39, 0.29) is 12.5 Å². The molecule has 0 aromatic heterocycles. The Balaban J connectivity index is 1.36. The molecule has 1 N–H and O–H groups in total. The molecule has 4 rings (SSSR count). The first-order valence-electron chi connectivity index (χ1n) is 11.8. The number of piperidine rings is 1. The maximum atomic E-state index is 12.4. The highest BCUT2D eigenvalue weighted by Crippen LogP contribution is 2.37. The lowest BCUT2D eigenvalue weighted by Gasteiger charge is -2.34. The summed E-state index contributed by atoms with van der Waals surface area (Å²) in [6, 6.07) is 21.2. The molecule has 5 nitrogen and oxygen atoms in total. The second-order valence-corrected chi connectivity index (χ2v) is 9.93. The number of amides is 1. The van der Waals surface area contributed by atoms with E-state index in [0.717, 1.165) is 42.9 Å². The molecule has 3 aromatic carbocycles. The number of carbonyl (C=O) groups excluding carboxylic acids is 1. The van der Waals surface area contributed by atoms with Gasteiger partial charge < -0.3 is 19.7 Å². The number of hydrogen-bond acceptors (Lipinski definition) is 4. The zero-order valence-electron chi connectivity index (χ0n) is 20.0. The van der Waals surface area contributed by atoms with Gasteiger partial charge in [-0.15, -0.1) is 0 Å². The number of nitrogens with one attached hydrogen (secondary N) is 1. The van der Waals surface area contributed by atoms with Crippen LogP contribution in [0.15, 0.2) is 66.7 Å².